The van der Waals surface area contributed by atoms with E-state index in [1.165, 1.54) is 19.2 Å². The summed E-state index contributed by atoms with van der Waals surface area (Å²) >= 11 is 0. The van der Waals surface area contributed by atoms with E-state index in [0.717, 1.165) is 0 Å². The van der Waals surface area contributed by atoms with Gasteiger partial charge < -0.3 is 10.1 Å². The molecular weight excluding hydrogens is 260 g/mol. The maximum absolute atomic E-state index is 14.1. The molecule has 0 atom stereocenters. The van der Waals surface area contributed by atoms with Gasteiger partial charge in [-0.1, -0.05) is 13.8 Å². The van der Waals surface area contributed by atoms with Crippen LogP contribution in [0.4, 0.5) is 8.78 Å². The van der Waals surface area contributed by atoms with Gasteiger partial charge in [0.05, 0.1) is 7.11 Å². The molecule has 0 saturated heterocycles. The zero-order valence-corrected chi connectivity index (χ0v) is 13.2. The van der Waals surface area contributed by atoms with Crippen LogP contribution in [0.3, 0.4) is 0 Å². The number of hydrogen-bond acceptors (Lipinski definition) is 2. The Kier molecular flexibility index (Phi) is 5.14. The second-order valence-corrected chi connectivity index (χ2v) is 6.78. The largest absolute Gasteiger partial charge is 0.497 e. The summed E-state index contributed by atoms with van der Waals surface area (Å²) in [4.78, 5) is 0. The highest BCUT2D eigenvalue weighted by atomic mass is 19.1. The van der Waals surface area contributed by atoms with E-state index in [9.17, 15) is 8.78 Å². The number of hydrogen-bond donors (Lipinski definition) is 1. The Hall–Kier alpha value is -1.16. The van der Waals surface area contributed by atoms with Gasteiger partial charge in [0.1, 0.15) is 17.4 Å². The molecule has 0 heterocycles. The molecule has 2 nitrogen and oxygen atoms in total. The predicted octanol–water partition coefficient (Wildman–Crippen LogP) is 4.03. The highest BCUT2D eigenvalue weighted by Crippen LogP contribution is 2.33. The third-order valence-corrected chi connectivity index (χ3v) is 3.33. The molecule has 1 N–H and O–H groups in total. The predicted molar refractivity (Wildman–Crippen MR) is 78.3 cm³/mol. The molecule has 0 spiro atoms. The minimum absolute atomic E-state index is 0.00687. The van der Waals surface area contributed by atoms with Crippen molar-refractivity contribution in [2.24, 2.45) is 0 Å². The molecule has 4 heteroatoms. The second-order valence-electron chi connectivity index (χ2n) is 6.78. The smallest absolute Gasteiger partial charge is 0.133 e. The lowest BCUT2D eigenvalue weighted by atomic mass is 9.80. The lowest BCUT2D eigenvalue weighted by molar-refractivity contribution is 0.359. The van der Waals surface area contributed by atoms with E-state index in [2.05, 4.69) is 26.1 Å². The average Bonchev–Trinajstić information content (AvgIpc) is 2.25. The summed E-state index contributed by atoms with van der Waals surface area (Å²) < 4.78 is 33.1. The van der Waals surface area contributed by atoms with Gasteiger partial charge in [-0.3, -0.25) is 0 Å². The summed E-state index contributed by atoms with van der Waals surface area (Å²) in [5.41, 5.74) is -0.472. The first-order valence-electron chi connectivity index (χ1n) is 6.85. The molecule has 0 bridgehead atoms. The van der Waals surface area contributed by atoms with Gasteiger partial charge in [-0.05, 0) is 39.2 Å². The number of benzene rings is 1. The summed E-state index contributed by atoms with van der Waals surface area (Å²) in [6.45, 7) is 10.6. The number of methoxy groups -OCH3 is 1. The minimum Gasteiger partial charge on any atom is -0.497 e. The zero-order chi connectivity index (χ0) is 15.6. The Morgan fingerprint density at radius 3 is 1.95 bits per heavy atom. The molecule has 0 saturated carbocycles. The molecule has 1 rings (SSSR count). The van der Waals surface area contributed by atoms with Gasteiger partial charge in [-0.2, -0.15) is 0 Å². The van der Waals surface area contributed by atoms with Crippen LogP contribution in [0.15, 0.2) is 12.1 Å². The topological polar surface area (TPSA) is 21.3 Å². The molecule has 0 amide bonds. The Balaban J connectivity index is 2.92. The molecule has 20 heavy (non-hydrogen) atoms. The van der Waals surface area contributed by atoms with E-state index in [0.29, 0.717) is 13.0 Å². The van der Waals surface area contributed by atoms with Crippen LogP contribution in [-0.4, -0.2) is 19.2 Å². The highest BCUT2D eigenvalue weighted by molar-refractivity contribution is 5.34. The summed E-state index contributed by atoms with van der Waals surface area (Å²) in [6, 6.07) is 2.47. The Morgan fingerprint density at radius 1 is 1.05 bits per heavy atom. The van der Waals surface area contributed by atoms with Crippen molar-refractivity contribution in [1.82, 2.24) is 5.32 Å². The molecule has 0 unspecified atom stereocenters. The summed E-state index contributed by atoms with van der Waals surface area (Å²) in [5, 5.41) is 3.34. The lowest BCUT2D eigenvalue weighted by Gasteiger charge is -2.29. The average molecular weight is 285 g/mol. The van der Waals surface area contributed by atoms with E-state index in [-0.39, 0.29) is 16.9 Å². The monoisotopic (exact) mass is 285 g/mol. The van der Waals surface area contributed by atoms with Crippen molar-refractivity contribution in [1.29, 1.82) is 0 Å². The second kappa shape index (κ2) is 6.08. The van der Waals surface area contributed by atoms with Gasteiger partial charge in [0.2, 0.25) is 0 Å². The van der Waals surface area contributed by atoms with Crippen molar-refractivity contribution in [3.63, 3.8) is 0 Å². The van der Waals surface area contributed by atoms with Gasteiger partial charge in [0, 0.05) is 23.2 Å². The van der Waals surface area contributed by atoms with Crippen molar-refractivity contribution in [3.05, 3.63) is 29.3 Å². The maximum Gasteiger partial charge on any atom is 0.133 e. The Morgan fingerprint density at radius 2 is 1.55 bits per heavy atom. The third-order valence-electron chi connectivity index (χ3n) is 3.33. The van der Waals surface area contributed by atoms with Gasteiger partial charge in [0.15, 0.2) is 0 Å². The van der Waals surface area contributed by atoms with Gasteiger partial charge in [0.25, 0.3) is 0 Å². The van der Waals surface area contributed by atoms with Crippen LogP contribution in [0.1, 0.15) is 46.6 Å². The summed E-state index contributed by atoms with van der Waals surface area (Å²) in [5.74, 6) is -0.905. The first-order chi connectivity index (χ1) is 9.07. The van der Waals surface area contributed by atoms with Crippen LogP contribution < -0.4 is 10.1 Å². The molecule has 0 fully saturated rings. The number of rotatable bonds is 5. The first kappa shape index (κ1) is 16.9. The van der Waals surface area contributed by atoms with Gasteiger partial charge in [-0.25, -0.2) is 8.78 Å². The van der Waals surface area contributed by atoms with Crippen LogP contribution in [0.2, 0.25) is 0 Å². The van der Waals surface area contributed by atoms with Crippen LogP contribution >= 0.6 is 0 Å². The number of ether oxygens (including phenoxy) is 1. The highest BCUT2D eigenvalue weighted by Gasteiger charge is 2.28. The standard InChI is InChI=1S/C16H25F2NO/c1-15(2,3)19-8-7-16(4,5)14-12(17)9-11(20-6)10-13(14)18/h9-10,19H,7-8H2,1-6H3. The van der Waals surface area contributed by atoms with Gasteiger partial charge >= 0.3 is 0 Å². The van der Waals surface area contributed by atoms with Crippen LogP contribution in [-0.2, 0) is 5.41 Å². The molecule has 1 aromatic carbocycles. The molecule has 0 aliphatic rings. The molecule has 0 aliphatic heterocycles. The lowest BCUT2D eigenvalue weighted by Crippen LogP contribution is -2.38. The molecule has 0 aromatic heterocycles. The quantitative estimate of drug-likeness (QED) is 0.882. The molecule has 0 radical (unpaired) electrons. The van der Waals surface area contributed by atoms with Crippen molar-refractivity contribution in [2.45, 2.75) is 52.0 Å². The van der Waals surface area contributed by atoms with E-state index < -0.39 is 17.0 Å². The zero-order valence-electron chi connectivity index (χ0n) is 13.2. The van der Waals surface area contributed by atoms with E-state index in [1.807, 2.05) is 13.8 Å². The van der Waals surface area contributed by atoms with Crippen molar-refractivity contribution in [2.75, 3.05) is 13.7 Å². The first-order valence-corrected chi connectivity index (χ1v) is 6.85. The molecular formula is C16H25F2NO. The number of nitrogens with one attached hydrogen (secondary N) is 1. The normalized spacial score (nSPS) is 12.6. The summed E-state index contributed by atoms with van der Waals surface area (Å²) in [7, 11) is 1.40. The fourth-order valence-electron chi connectivity index (χ4n) is 2.19. The van der Waals surface area contributed by atoms with Crippen molar-refractivity contribution >= 4 is 0 Å². The molecule has 0 aliphatic carbocycles. The Bertz CT molecular complexity index is 441. The van der Waals surface area contributed by atoms with Crippen molar-refractivity contribution < 1.29 is 13.5 Å². The van der Waals surface area contributed by atoms with E-state index in [1.54, 1.807) is 0 Å². The van der Waals surface area contributed by atoms with E-state index >= 15 is 0 Å². The van der Waals surface area contributed by atoms with Gasteiger partial charge in [-0.15, -0.1) is 0 Å². The maximum atomic E-state index is 14.1. The fourth-order valence-corrected chi connectivity index (χ4v) is 2.19. The Labute approximate surface area is 120 Å². The van der Waals surface area contributed by atoms with E-state index in [4.69, 9.17) is 4.74 Å². The third kappa shape index (κ3) is 4.44. The SMILES string of the molecule is COc1cc(F)c(C(C)(C)CCNC(C)(C)C)c(F)c1. The summed E-state index contributed by atoms with van der Waals surface area (Å²) in [6.07, 6.45) is 0.643. The van der Waals surface area contributed by atoms with Crippen molar-refractivity contribution in [3.8, 4) is 5.75 Å². The van der Waals surface area contributed by atoms with Crippen LogP contribution in [0.25, 0.3) is 0 Å². The molecule has 1 aromatic rings. The minimum atomic E-state index is -0.585. The fraction of sp³-hybridized carbons (Fsp3) is 0.625. The number of halogens is 2. The molecule has 114 valence electrons. The van der Waals surface area contributed by atoms with Crippen LogP contribution in [0, 0.1) is 11.6 Å². The van der Waals surface area contributed by atoms with Crippen LogP contribution in [0.5, 0.6) is 5.75 Å².